The Morgan fingerprint density at radius 3 is 2.39 bits per heavy atom. The van der Waals surface area contributed by atoms with Crippen LogP contribution in [0.4, 0.5) is 16.2 Å². The van der Waals surface area contributed by atoms with Gasteiger partial charge in [0.25, 0.3) is 5.91 Å². The fraction of sp³-hybridized carbons (Fsp3) is 0.200. The van der Waals surface area contributed by atoms with Crippen LogP contribution in [0.5, 0.6) is 11.5 Å². The first-order valence-corrected chi connectivity index (χ1v) is 10.9. The number of amides is 3. The van der Waals surface area contributed by atoms with Crippen LogP contribution < -0.4 is 25.0 Å². The Morgan fingerprint density at radius 1 is 0.939 bits per heavy atom. The average molecular weight is 468 g/mol. The molecule has 0 bridgehead atoms. The molecule has 2 N–H and O–H groups in total. The number of nitrogens with zero attached hydrogens (tertiary/aromatic N) is 1. The standard InChI is InChI=1S/C25H26ClN3O4/c1-32-22-13-11-21(12-14-22)29(25(31)28-20-8-5-7-19(26)17-20)16-6-15-27-24(30)18-33-23-9-3-2-4-10-23/h2-5,7-14,17H,6,15-16,18H2,1H3,(H,27,30)(H,28,31). The predicted molar refractivity (Wildman–Crippen MR) is 130 cm³/mol. The Balaban J connectivity index is 1.55. The van der Waals surface area contributed by atoms with E-state index in [4.69, 9.17) is 21.1 Å². The zero-order valence-electron chi connectivity index (χ0n) is 18.3. The first kappa shape index (κ1) is 23.9. The number of ether oxygens (including phenoxy) is 2. The molecular weight excluding hydrogens is 442 g/mol. The second kappa shape index (κ2) is 12.4. The number of methoxy groups -OCH3 is 1. The van der Waals surface area contributed by atoms with Crippen molar-refractivity contribution >= 4 is 34.9 Å². The summed E-state index contributed by atoms with van der Waals surface area (Å²) in [4.78, 5) is 26.7. The van der Waals surface area contributed by atoms with Gasteiger partial charge in [0.1, 0.15) is 11.5 Å². The number of carbonyl (C=O) groups excluding carboxylic acids is 2. The number of anilines is 2. The largest absolute Gasteiger partial charge is 0.497 e. The molecule has 172 valence electrons. The van der Waals surface area contributed by atoms with Crippen LogP contribution in [0.1, 0.15) is 6.42 Å². The van der Waals surface area contributed by atoms with Crippen LogP contribution in [-0.4, -0.2) is 38.7 Å². The summed E-state index contributed by atoms with van der Waals surface area (Å²) in [5.41, 5.74) is 1.30. The van der Waals surface area contributed by atoms with Gasteiger partial charge >= 0.3 is 6.03 Å². The summed E-state index contributed by atoms with van der Waals surface area (Å²) in [6, 6.07) is 23.0. The molecule has 7 nitrogen and oxygen atoms in total. The Hall–Kier alpha value is -3.71. The zero-order valence-corrected chi connectivity index (χ0v) is 19.0. The zero-order chi connectivity index (χ0) is 23.5. The Kier molecular flexibility index (Phi) is 8.97. The lowest BCUT2D eigenvalue weighted by Crippen LogP contribution is -2.38. The van der Waals surface area contributed by atoms with Gasteiger partial charge in [-0.1, -0.05) is 35.9 Å². The summed E-state index contributed by atoms with van der Waals surface area (Å²) in [5.74, 6) is 1.11. The van der Waals surface area contributed by atoms with Gasteiger partial charge in [-0.3, -0.25) is 9.69 Å². The lowest BCUT2D eigenvalue weighted by molar-refractivity contribution is -0.123. The summed E-state index contributed by atoms with van der Waals surface area (Å²) in [7, 11) is 1.59. The molecule has 8 heteroatoms. The summed E-state index contributed by atoms with van der Waals surface area (Å²) in [6.45, 7) is 0.716. The van der Waals surface area contributed by atoms with Crippen LogP contribution in [-0.2, 0) is 4.79 Å². The number of carbonyl (C=O) groups is 2. The summed E-state index contributed by atoms with van der Waals surface area (Å²) < 4.78 is 10.6. The number of hydrogen-bond donors (Lipinski definition) is 2. The van der Waals surface area contributed by atoms with Crippen molar-refractivity contribution in [1.82, 2.24) is 5.32 Å². The van der Waals surface area contributed by atoms with Crippen molar-refractivity contribution in [3.8, 4) is 11.5 Å². The van der Waals surface area contributed by atoms with Gasteiger partial charge in [0.15, 0.2) is 6.61 Å². The van der Waals surface area contributed by atoms with Gasteiger partial charge in [0.2, 0.25) is 0 Å². The first-order chi connectivity index (χ1) is 16.0. The quantitative estimate of drug-likeness (QED) is 0.412. The molecule has 3 aromatic rings. The van der Waals surface area contributed by atoms with Gasteiger partial charge in [-0.25, -0.2) is 4.79 Å². The van der Waals surface area contributed by atoms with Crippen LogP contribution in [0.3, 0.4) is 0 Å². The second-order valence-electron chi connectivity index (χ2n) is 7.10. The van der Waals surface area contributed by atoms with Gasteiger partial charge in [0.05, 0.1) is 7.11 Å². The van der Waals surface area contributed by atoms with Crippen molar-refractivity contribution in [3.63, 3.8) is 0 Å². The van der Waals surface area contributed by atoms with Crippen LogP contribution in [0, 0.1) is 0 Å². The number of urea groups is 1. The Labute approximate surface area is 198 Å². The van der Waals surface area contributed by atoms with Crippen LogP contribution in [0.2, 0.25) is 5.02 Å². The molecule has 0 aromatic heterocycles. The number of benzene rings is 3. The fourth-order valence-electron chi connectivity index (χ4n) is 3.05. The molecule has 0 unspecified atom stereocenters. The number of rotatable bonds is 10. The maximum atomic E-state index is 13.0. The van der Waals surface area contributed by atoms with Crippen LogP contribution >= 0.6 is 11.6 Å². The van der Waals surface area contributed by atoms with E-state index in [0.717, 1.165) is 0 Å². The monoisotopic (exact) mass is 467 g/mol. The van der Waals surface area contributed by atoms with E-state index in [1.54, 1.807) is 60.5 Å². The van der Waals surface area contributed by atoms with E-state index in [-0.39, 0.29) is 18.5 Å². The molecule has 0 radical (unpaired) electrons. The van der Waals surface area contributed by atoms with Crippen molar-refractivity contribution in [1.29, 1.82) is 0 Å². The van der Waals surface area contributed by atoms with E-state index in [0.29, 0.717) is 47.4 Å². The highest BCUT2D eigenvalue weighted by Gasteiger charge is 2.16. The maximum Gasteiger partial charge on any atom is 0.326 e. The molecular formula is C25H26ClN3O4. The minimum Gasteiger partial charge on any atom is -0.497 e. The van der Waals surface area contributed by atoms with Crippen molar-refractivity contribution < 1.29 is 19.1 Å². The molecule has 0 fully saturated rings. The third-order valence-corrected chi connectivity index (χ3v) is 4.93. The second-order valence-corrected chi connectivity index (χ2v) is 7.53. The van der Waals surface area contributed by atoms with Crippen LogP contribution in [0.15, 0.2) is 78.9 Å². The van der Waals surface area contributed by atoms with Crippen LogP contribution in [0.25, 0.3) is 0 Å². The molecule has 0 aliphatic rings. The molecule has 33 heavy (non-hydrogen) atoms. The molecule has 0 aliphatic heterocycles. The Morgan fingerprint density at radius 2 is 1.70 bits per heavy atom. The summed E-state index contributed by atoms with van der Waals surface area (Å²) in [6.07, 6.45) is 0.548. The highest BCUT2D eigenvalue weighted by Crippen LogP contribution is 2.21. The number of hydrogen-bond acceptors (Lipinski definition) is 4. The minimum atomic E-state index is -0.304. The third kappa shape index (κ3) is 7.73. The van der Waals surface area contributed by atoms with E-state index in [9.17, 15) is 9.59 Å². The fourth-order valence-corrected chi connectivity index (χ4v) is 3.24. The molecule has 3 amide bonds. The topological polar surface area (TPSA) is 79.9 Å². The van der Waals surface area contributed by atoms with Gasteiger partial charge in [-0.15, -0.1) is 0 Å². The maximum absolute atomic E-state index is 13.0. The highest BCUT2D eigenvalue weighted by molar-refractivity contribution is 6.30. The molecule has 3 rings (SSSR count). The lowest BCUT2D eigenvalue weighted by Gasteiger charge is -2.23. The smallest absolute Gasteiger partial charge is 0.326 e. The number of nitrogens with one attached hydrogen (secondary N) is 2. The molecule has 0 heterocycles. The van der Waals surface area contributed by atoms with E-state index >= 15 is 0 Å². The van der Waals surface area contributed by atoms with Gasteiger partial charge < -0.3 is 20.1 Å². The first-order valence-electron chi connectivity index (χ1n) is 10.5. The van der Waals surface area contributed by atoms with Gasteiger partial charge in [0, 0.05) is 29.5 Å². The molecule has 0 saturated carbocycles. The highest BCUT2D eigenvalue weighted by atomic mass is 35.5. The molecule has 0 spiro atoms. The molecule has 0 aliphatic carbocycles. The number of para-hydroxylation sites is 1. The predicted octanol–water partition coefficient (Wildman–Crippen LogP) is 4.97. The summed E-state index contributed by atoms with van der Waals surface area (Å²) in [5, 5.41) is 6.21. The average Bonchev–Trinajstić information content (AvgIpc) is 2.83. The van der Waals surface area contributed by atoms with E-state index < -0.39 is 0 Å². The third-order valence-electron chi connectivity index (χ3n) is 4.70. The van der Waals surface area contributed by atoms with E-state index in [1.165, 1.54) is 0 Å². The van der Waals surface area contributed by atoms with Crippen molar-refractivity contribution in [2.24, 2.45) is 0 Å². The number of halogens is 1. The minimum absolute atomic E-state index is 0.0680. The van der Waals surface area contributed by atoms with Gasteiger partial charge in [-0.2, -0.15) is 0 Å². The normalized spacial score (nSPS) is 10.2. The van der Waals surface area contributed by atoms with Crippen molar-refractivity contribution in [3.05, 3.63) is 83.9 Å². The van der Waals surface area contributed by atoms with Crippen molar-refractivity contribution in [2.75, 3.05) is 37.0 Å². The van der Waals surface area contributed by atoms with E-state index in [2.05, 4.69) is 10.6 Å². The van der Waals surface area contributed by atoms with Crippen molar-refractivity contribution in [2.45, 2.75) is 6.42 Å². The Bertz CT molecular complexity index is 1050. The lowest BCUT2D eigenvalue weighted by atomic mass is 10.2. The van der Waals surface area contributed by atoms with E-state index in [1.807, 2.05) is 30.3 Å². The molecule has 0 atom stereocenters. The van der Waals surface area contributed by atoms with Gasteiger partial charge in [-0.05, 0) is 61.0 Å². The molecule has 0 saturated heterocycles. The molecule has 3 aromatic carbocycles. The SMILES string of the molecule is COc1ccc(N(CCCNC(=O)COc2ccccc2)C(=O)Nc2cccc(Cl)c2)cc1. The summed E-state index contributed by atoms with van der Waals surface area (Å²) >= 11 is 6.03.